The number of esters is 1. The van der Waals surface area contributed by atoms with Gasteiger partial charge in [-0.05, 0) is 35.4 Å². The van der Waals surface area contributed by atoms with E-state index in [4.69, 9.17) is 15.2 Å². The highest BCUT2D eigenvalue weighted by Crippen LogP contribution is 2.27. The van der Waals surface area contributed by atoms with Crippen LogP contribution < -0.4 is 10.5 Å². The van der Waals surface area contributed by atoms with Gasteiger partial charge in [0.25, 0.3) is 0 Å². The lowest BCUT2D eigenvalue weighted by Gasteiger charge is -2.10. The Labute approximate surface area is 134 Å². The van der Waals surface area contributed by atoms with Crippen LogP contribution in [0, 0.1) is 0 Å². The van der Waals surface area contributed by atoms with Crippen LogP contribution >= 0.6 is 0 Å². The predicted molar refractivity (Wildman–Crippen MR) is 89.9 cm³/mol. The van der Waals surface area contributed by atoms with Gasteiger partial charge in [-0.2, -0.15) is 0 Å². The van der Waals surface area contributed by atoms with Gasteiger partial charge in [0.2, 0.25) is 0 Å². The predicted octanol–water partition coefficient (Wildman–Crippen LogP) is 3.14. The molecule has 0 saturated heterocycles. The molecule has 0 bridgehead atoms. The molecule has 0 amide bonds. The lowest BCUT2D eigenvalue weighted by atomic mass is 10.0. The van der Waals surface area contributed by atoms with E-state index in [1.54, 1.807) is 19.2 Å². The number of rotatable bonds is 4. The van der Waals surface area contributed by atoms with Gasteiger partial charge in [-0.3, -0.25) is 0 Å². The Balaban J connectivity index is 1.96. The monoisotopic (exact) mass is 310 g/mol. The minimum atomic E-state index is -0.377. The van der Waals surface area contributed by atoms with Crippen molar-refractivity contribution in [2.45, 2.75) is 6.42 Å². The number of nitrogens with one attached hydrogen (secondary N) is 1. The van der Waals surface area contributed by atoms with Crippen molar-refractivity contribution >= 4 is 22.6 Å². The van der Waals surface area contributed by atoms with Gasteiger partial charge in [0.15, 0.2) is 0 Å². The molecule has 3 aromatic rings. The summed E-state index contributed by atoms with van der Waals surface area (Å²) in [6.07, 6.45) is 2.66. The van der Waals surface area contributed by atoms with E-state index in [1.165, 1.54) is 7.11 Å². The summed E-state index contributed by atoms with van der Waals surface area (Å²) in [6.45, 7) is 0. The molecular weight excluding hydrogens is 292 g/mol. The number of hydrogen-bond acceptors (Lipinski definition) is 4. The number of aromatic amines is 1. The zero-order valence-corrected chi connectivity index (χ0v) is 13.1. The number of aromatic nitrogens is 1. The van der Waals surface area contributed by atoms with Crippen molar-refractivity contribution < 1.29 is 14.3 Å². The summed E-state index contributed by atoms with van der Waals surface area (Å²) in [4.78, 5) is 14.9. The van der Waals surface area contributed by atoms with Gasteiger partial charge in [-0.1, -0.05) is 12.1 Å². The molecule has 0 aliphatic carbocycles. The second kappa shape index (κ2) is 6.04. The minimum absolute atomic E-state index is 0.377. The van der Waals surface area contributed by atoms with E-state index in [1.807, 2.05) is 30.5 Å². The summed E-state index contributed by atoms with van der Waals surface area (Å²) >= 11 is 0. The summed E-state index contributed by atoms with van der Waals surface area (Å²) in [5.74, 6) is 0.287. The van der Waals surface area contributed by atoms with Crippen LogP contribution in [0.2, 0.25) is 0 Å². The van der Waals surface area contributed by atoms with Crippen molar-refractivity contribution in [2.24, 2.45) is 0 Å². The standard InChI is InChI=1S/C18H18N2O3/c1-22-17-8-12(18(21)23-2)4-3-11(17)7-13-10-20-16-9-14(19)5-6-15(13)16/h3-6,8-10,20H,7,19H2,1-2H3. The number of hydrogen-bond donors (Lipinski definition) is 2. The van der Waals surface area contributed by atoms with Crippen LogP contribution in [-0.4, -0.2) is 25.2 Å². The fraction of sp³-hybridized carbons (Fsp3) is 0.167. The van der Waals surface area contributed by atoms with E-state index in [-0.39, 0.29) is 5.97 Å². The average molecular weight is 310 g/mol. The zero-order chi connectivity index (χ0) is 16.4. The molecule has 1 heterocycles. The highest BCUT2D eigenvalue weighted by Gasteiger charge is 2.12. The summed E-state index contributed by atoms with van der Waals surface area (Å²) in [5.41, 5.74) is 10.2. The summed E-state index contributed by atoms with van der Waals surface area (Å²) in [6, 6.07) is 11.1. The van der Waals surface area contributed by atoms with Crippen LogP contribution in [-0.2, 0) is 11.2 Å². The number of anilines is 1. The average Bonchev–Trinajstić information content (AvgIpc) is 2.96. The Morgan fingerprint density at radius 2 is 1.96 bits per heavy atom. The molecule has 0 fully saturated rings. The second-order valence-electron chi connectivity index (χ2n) is 5.31. The third-order valence-corrected chi connectivity index (χ3v) is 3.88. The molecule has 0 radical (unpaired) electrons. The number of methoxy groups -OCH3 is 2. The van der Waals surface area contributed by atoms with E-state index in [0.717, 1.165) is 27.7 Å². The van der Waals surface area contributed by atoms with Crippen LogP contribution in [0.15, 0.2) is 42.6 Å². The third-order valence-electron chi connectivity index (χ3n) is 3.88. The molecule has 0 aliphatic rings. The molecule has 0 atom stereocenters. The van der Waals surface area contributed by atoms with Gasteiger partial charge in [-0.15, -0.1) is 0 Å². The van der Waals surface area contributed by atoms with Crippen LogP contribution in [0.1, 0.15) is 21.5 Å². The van der Waals surface area contributed by atoms with Gasteiger partial charge in [-0.25, -0.2) is 4.79 Å². The van der Waals surface area contributed by atoms with Gasteiger partial charge >= 0.3 is 5.97 Å². The maximum Gasteiger partial charge on any atom is 0.337 e. The Kier molecular flexibility index (Phi) is 3.93. The quantitative estimate of drug-likeness (QED) is 0.573. The Bertz CT molecular complexity index is 868. The molecule has 0 spiro atoms. The van der Waals surface area contributed by atoms with Gasteiger partial charge in [0.05, 0.1) is 19.8 Å². The van der Waals surface area contributed by atoms with E-state index in [2.05, 4.69) is 4.98 Å². The fourth-order valence-electron chi connectivity index (χ4n) is 2.69. The molecule has 23 heavy (non-hydrogen) atoms. The minimum Gasteiger partial charge on any atom is -0.496 e. The molecule has 5 heteroatoms. The van der Waals surface area contributed by atoms with Crippen molar-refractivity contribution in [3.05, 3.63) is 59.3 Å². The highest BCUT2D eigenvalue weighted by molar-refractivity contribution is 5.90. The first-order valence-corrected chi connectivity index (χ1v) is 7.23. The van der Waals surface area contributed by atoms with E-state index >= 15 is 0 Å². The normalized spacial score (nSPS) is 10.7. The van der Waals surface area contributed by atoms with E-state index in [0.29, 0.717) is 17.7 Å². The maximum atomic E-state index is 11.6. The van der Waals surface area contributed by atoms with Crippen molar-refractivity contribution in [1.82, 2.24) is 4.98 Å². The number of fused-ring (bicyclic) bond motifs is 1. The van der Waals surface area contributed by atoms with E-state index in [9.17, 15) is 4.79 Å². The van der Waals surface area contributed by atoms with Crippen LogP contribution in [0.5, 0.6) is 5.75 Å². The first-order valence-electron chi connectivity index (χ1n) is 7.23. The number of benzene rings is 2. The van der Waals surface area contributed by atoms with Crippen molar-refractivity contribution in [3.63, 3.8) is 0 Å². The molecule has 0 aliphatic heterocycles. The highest BCUT2D eigenvalue weighted by atomic mass is 16.5. The smallest absolute Gasteiger partial charge is 0.337 e. The number of carbonyl (C=O) groups excluding carboxylic acids is 1. The first kappa shape index (κ1) is 15.0. The van der Waals surface area contributed by atoms with Crippen LogP contribution in [0.4, 0.5) is 5.69 Å². The molecule has 118 valence electrons. The number of nitrogens with two attached hydrogens (primary N) is 1. The summed E-state index contributed by atoms with van der Waals surface area (Å²) < 4.78 is 10.2. The van der Waals surface area contributed by atoms with Crippen molar-refractivity contribution in [2.75, 3.05) is 20.0 Å². The van der Waals surface area contributed by atoms with E-state index < -0.39 is 0 Å². The SMILES string of the molecule is COC(=O)c1ccc(Cc2c[nH]c3cc(N)ccc23)c(OC)c1. The molecule has 3 rings (SSSR count). The first-order chi connectivity index (χ1) is 11.1. The fourth-order valence-corrected chi connectivity index (χ4v) is 2.69. The Morgan fingerprint density at radius 1 is 1.13 bits per heavy atom. The van der Waals surface area contributed by atoms with Gasteiger partial charge in [0.1, 0.15) is 5.75 Å². The van der Waals surface area contributed by atoms with Gasteiger partial charge in [0, 0.05) is 29.2 Å². The van der Waals surface area contributed by atoms with Crippen molar-refractivity contribution in [3.8, 4) is 5.75 Å². The van der Waals surface area contributed by atoms with Crippen molar-refractivity contribution in [1.29, 1.82) is 0 Å². The summed E-state index contributed by atoms with van der Waals surface area (Å²) in [7, 11) is 2.95. The second-order valence-corrected chi connectivity index (χ2v) is 5.31. The summed E-state index contributed by atoms with van der Waals surface area (Å²) in [5, 5.41) is 1.12. The molecule has 0 unspecified atom stereocenters. The van der Waals surface area contributed by atoms with Gasteiger partial charge < -0.3 is 20.2 Å². The lowest BCUT2D eigenvalue weighted by molar-refractivity contribution is 0.0600. The Morgan fingerprint density at radius 3 is 2.70 bits per heavy atom. The number of ether oxygens (including phenoxy) is 2. The molecule has 3 N–H and O–H groups in total. The maximum absolute atomic E-state index is 11.6. The molecular formula is C18H18N2O3. The number of nitrogen functional groups attached to an aromatic ring is 1. The topological polar surface area (TPSA) is 77.3 Å². The Hall–Kier alpha value is -2.95. The lowest BCUT2D eigenvalue weighted by Crippen LogP contribution is -2.03. The molecule has 1 aromatic heterocycles. The number of H-pyrrole nitrogens is 1. The third kappa shape index (κ3) is 2.85. The largest absolute Gasteiger partial charge is 0.496 e. The zero-order valence-electron chi connectivity index (χ0n) is 13.1. The number of carbonyl (C=O) groups is 1. The van der Waals surface area contributed by atoms with Crippen LogP contribution in [0.3, 0.4) is 0 Å². The molecule has 0 saturated carbocycles. The molecule has 5 nitrogen and oxygen atoms in total. The van der Waals surface area contributed by atoms with Crippen LogP contribution in [0.25, 0.3) is 10.9 Å². The molecule has 2 aromatic carbocycles.